The minimum atomic E-state index is 0.276. The molecule has 0 amide bonds. The van der Waals surface area contributed by atoms with Gasteiger partial charge in [0.1, 0.15) is 0 Å². The van der Waals surface area contributed by atoms with Crippen LogP contribution in [-0.4, -0.2) is 38.0 Å². The van der Waals surface area contributed by atoms with Crippen molar-refractivity contribution < 1.29 is 9.47 Å². The summed E-state index contributed by atoms with van der Waals surface area (Å²) in [5.74, 6) is 0. The van der Waals surface area contributed by atoms with E-state index >= 15 is 0 Å². The lowest BCUT2D eigenvalue weighted by molar-refractivity contribution is -0.147. The molecule has 114 valence electrons. The van der Waals surface area contributed by atoms with Crippen LogP contribution in [0.25, 0.3) is 0 Å². The molecule has 0 aromatic rings. The van der Waals surface area contributed by atoms with E-state index in [0.717, 1.165) is 32.6 Å². The Hall–Kier alpha value is -0.120. The Kier molecular flexibility index (Phi) is 9.48. The van der Waals surface area contributed by atoms with Crippen LogP contribution in [0, 0.1) is 0 Å². The van der Waals surface area contributed by atoms with Gasteiger partial charge >= 0.3 is 0 Å². The van der Waals surface area contributed by atoms with Crippen molar-refractivity contribution in [2.75, 3.05) is 19.8 Å². The van der Waals surface area contributed by atoms with Crippen LogP contribution in [-0.2, 0) is 9.47 Å². The lowest BCUT2D eigenvalue weighted by Gasteiger charge is -2.44. The van der Waals surface area contributed by atoms with Crippen LogP contribution in [0.2, 0.25) is 0 Å². The van der Waals surface area contributed by atoms with Crippen molar-refractivity contribution in [3.05, 3.63) is 0 Å². The first-order valence-corrected chi connectivity index (χ1v) is 8.30. The maximum absolute atomic E-state index is 5.98. The monoisotopic (exact) mass is 271 g/mol. The third-order valence-electron chi connectivity index (χ3n) is 3.75. The molecule has 0 aliphatic heterocycles. The molecule has 1 rings (SSSR count). The van der Waals surface area contributed by atoms with E-state index in [1.807, 2.05) is 0 Å². The highest BCUT2D eigenvalue weighted by molar-refractivity contribution is 4.97. The molecule has 19 heavy (non-hydrogen) atoms. The Balaban J connectivity index is 2.17. The van der Waals surface area contributed by atoms with Crippen molar-refractivity contribution in [2.45, 2.75) is 84.0 Å². The molecule has 0 saturated heterocycles. The molecule has 1 N–H and O–H groups in total. The molecular formula is C16H33NO2. The second kappa shape index (κ2) is 10.6. The number of hydrogen-bond acceptors (Lipinski definition) is 3. The van der Waals surface area contributed by atoms with Gasteiger partial charge in [0.25, 0.3) is 0 Å². The van der Waals surface area contributed by atoms with Crippen LogP contribution in [0.4, 0.5) is 0 Å². The third-order valence-corrected chi connectivity index (χ3v) is 3.75. The van der Waals surface area contributed by atoms with Gasteiger partial charge in [0, 0.05) is 19.3 Å². The quantitative estimate of drug-likeness (QED) is 0.551. The zero-order chi connectivity index (χ0) is 13.9. The van der Waals surface area contributed by atoms with Crippen LogP contribution in [0.15, 0.2) is 0 Å². The van der Waals surface area contributed by atoms with E-state index < -0.39 is 0 Å². The Bertz CT molecular complexity index is 211. The predicted molar refractivity (Wildman–Crippen MR) is 80.6 cm³/mol. The first kappa shape index (κ1) is 16.9. The fourth-order valence-corrected chi connectivity index (χ4v) is 2.51. The number of nitrogens with one attached hydrogen (secondary N) is 1. The summed E-state index contributed by atoms with van der Waals surface area (Å²) in [5, 5.41) is 3.56. The molecular weight excluding hydrogens is 238 g/mol. The van der Waals surface area contributed by atoms with Gasteiger partial charge in [-0.1, -0.05) is 40.0 Å². The second-order valence-corrected chi connectivity index (χ2v) is 5.60. The van der Waals surface area contributed by atoms with Gasteiger partial charge < -0.3 is 14.8 Å². The van der Waals surface area contributed by atoms with Crippen LogP contribution in [0.5, 0.6) is 0 Å². The smallest absolute Gasteiger partial charge is 0.0990 e. The van der Waals surface area contributed by atoms with Crippen molar-refractivity contribution >= 4 is 0 Å². The fraction of sp³-hybridized carbons (Fsp3) is 1.00. The molecule has 3 atom stereocenters. The van der Waals surface area contributed by atoms with Gasteiger partial charge in [-0.2, -0.15) is 0 Å². The lowest BCUT2D eigenvalue weighted by Crippen LogP contribution is -2.60. The van der Waals surface area contributed by atoms with E-state index in [2.05, 4.69) is 26.1 Å². The highest BCUT2D eigenvalue weighted by Gasteiger charge is 2.42. The van der Waals surface area contributed by atoms with Crippen molar-refractivity contribution in [1.29, 1.82) is 0 Å². The standard InChI is InChI=1S/C16H33NO2/c1-4-7-8-9-12-18-15-13-14(17-10-5-2)16(15)19-11-6-3/h14-17H,4-13H2,1-3H3. The van der Waals surface area contributed by atoms with Gasteiger partial charge in [0.2, 0.25) is 0 Å². The Morgan fingerprint density at radius 3 is 2.42 bits per heavy atom. The van der Waals surface area contributed by atoms with Gasteiger partial charge in [-0.25, -0.2) is 0 Å². The van der Waals surface area contributed by atoms with Crippen molar-refractivity contribution in [3.8, 4) is 0 Å². The summed E-state index contributed by atoms with van der Waals surface area (Å²) < 4.78 is 11.9. The van der Waals surface area contributed by atoms with E-state index in [4.69, 9.17) is 9.47 Å². The van der Waals surface area contributed by atoms with Crippen LogP contribution in [0.3, 0.4) is 0 Å². The number of unbranched alkanes of at least 4 members (excludes halogenated alkanes) is 3. The first-order valence-electron chi connectivity index (χ1n) is 8.30. The summed E-state index contributed by atoms with van der Waals surface area (Å²) in [5.41, 5.74) is 0. The van der Waals surface area contributed by atoms with Crippen molar-refractivity contribution in [1.82, 2.24) is 5.32 Å². The first-order chi connectivity index (χ1) is 9.33. The normalized spacial score (nSPS) is 26.4. The summed E-state index contributed by atoms with van der Waals surface area (Å²) in [6.45, 7) is 9.44. The Morgan fingerprint density at radius 2 is 1.74 bits per heavy atom. The topological polar surface area (TPSA) is 30.5 Å². The van der Waals surface area contributed by atoms with Crippen LogP contribution in [0.1, 0.15) is 65.7 Å². The fourth-order valence-electron chi connectivity index (χ4n) is 2.51. The van der Waals surface area contributed by atoms with Gasteiger partial charge in [-0.05, 0) is 32.2 Å². The maximum atomic E-state index is 5.98. The molecule has 1 aliphatic carbocycles. The third kappa shape index (κ3) is 6.24. The van der Waals surface area contributed by atoms with E-state index in [1.54, 1.807) is 0 Å². The minimum absolute atomic E-state index is 0.276. The lowest BCUT2D eigenvalue weighted by atomic mass is 9.85. The van der Waals surface area contributed by atoms with E-state index in [1.165, 1.54) is 32.1 Å². The average Bonchev–Trinajstić information content (AvgIpc) is 2.40. The number of hydrogen-bond donors (Lipinski definition) is 1. The number of ether oxygens (including phenoxy) is 2. The van der Waals surface area contributed by atoms with Crippen molar-refractivity contribution in [3.63, 3.8) is 0 Å². The summed E-state index contributed by atoms with van der Waals surface area (Å²) in [6, 6.07) is 0.507. The zero-order valence-electron chi connectivity index (χ0n) is 13.1. The molecule has 0 radical (unpaired) electrons. The Labute approximate surface area is 119 Å². The molecule has 0 bridgehead atoms. The van der Waals surface area contributed by atoms with Gasteiger partial charge in [-0.3, -0.25) is 0 Å². The minimum Gasteiger partial charge on any atom is -0.375 e. The molecule has 3 unspecified atom stereocenters. The van der Waals surface area contributed by atoms with E-state index in [9.17, 15) is 0 Å². The second-order valence-electron chi connectivity index (χ2n) is 5.60. The molecule has 0 aromatic heterocycles. The van der Waals surface area contributed by atoms with Crippen molar-refractivity contribution in [2.24, 2.45) is 0 Å². The van der Waals surface area contributed by atoms with Crippen LogP contribution < -0.4 is 5.32 Å². The summed E-state index contributed by atoms with van der Waals surface area (Å²) in [7, 11) is 0. The number of rotatable bonds is 12. The average molecular weight is 271 g/mol. The van der Waals surface area contributed by atoms with Crippen LogP contribution >= 0.6 is 0 Å². The molecule has 3 heteroatoms. The SMILES string of the molecule is CCCCCCOC1CC(NCCC)C1OCCC. The van der Waals surface area contributed by atoms with Gasteiger partial charge in [0.05, 0.1) is 12.2 Å². The summed E-state index contributed by atoms with van der Waals surface area (Å²) >= 11 is 0. The van der Waals surface area contributed by atoms with E-state index in [0.29, 0.717) is 12.1 Å². The summed E-state index contributed by atoms with van der Waals surface area (Å²) in [6.07, 6.45) is 9.07. The molecule has 1 saturated carbocycles. The highest BCUT2D eigenvalue weighted by atomic mass is 16.5. The highest BCUT2D eigenvalue weighted by Crippen LogP contribution is 2.28. The molecule has 0 spiro atoms. The van der Waals surface area contributed by atoms with E-state index in [-0.39, 0.29) is 6.10 Å². The molecule has 1 aliphatic rings. The maximum Gasteiger partial charge on any atom is 0.0990 e. The molecule has 3 nitrogen and oxygen atoms in total. The molecule has 0 heterocycles. The molecule has 1 fully saturated rings. The zero-order valence-corrected chi connectivity index (χ0v) is 13.1. The largest absolute Gasteiger partial charge is 0.375 e. The summed E-state index contributed by atoms with van der Waals surface area (Å²) in [4.78, 5) is 0. The van der Waals surface area contributed by atoms with Gasteiger partial charge in [-0.15, -0.1) is 0 Å². The van der Waals surface area contributed by atoms with Gasteiger partial charge in [0.15, 0.2) is 0 Å². The molecule has 0 aromatic carbocycles. The Morgan fingerprint density at radius 1 is 0.895 bits per heavy atom. The predicted octanol–water partition coefficient (Wildman–Crippen LogP) is 3.52.